The topological polar surface area (TPSA) is 87.1 Å². The summed E-state index contributed by atoms with van der Waals surface area (Å²) < 4.78 is 5.12. The van der Waals surface area contributed by atoms with E-state index in [1.54, 1.807) is 24.5 Å². The van der Waals surface area contributed by atoms with Crippen LogP contribution in [0.2, 0.25) is 0 Å². The lowest BCUT2D eigenvalue weighted by molar-refractivity contribution is -0.120. The first kappa shape index (κ1) is 14.9. The molecule has 6 heteroatoms. The number of carbonyl (C=O) groups excluding carboxylic acids is 2. The van der Waals surface area contributed by atoms with Crippen LogP contribution in [0.15, 0.2) is 47.1 Å². The molecule has 0 bridgehead atoms. The molecular weight excluding hydrogens is 294 g/mol. The van der Waals surface area contributed by atoms with Gasteiger partial charge in [0.25, 0.3) is 5.91 Å². The van der Waals surface area contributed by atoms with Crippen LogP contribution in [0.5, 0.6) is 0 Å². The minimum Gasteiger partial charge on any atom is -0.467 e. The van der Waals surface area contributed by atoms with Crippen LogP contribution < -0.4 is 10.6 Å². The molecule has 0 saturated heterocycles. The maximum atomic E-state index is 12.1. The van der Waals surface area contributed by atoms with Crippen molar-refractivity contribution < 1.29 is 14.0 Å². The minimum absolute atomic E-state index is 0.0894. The summed E-state index contributed by atoms with van der Waals surface area (Å²) in [6.07, 6.45) is 1.54. The maximum Gasteiger partial charge on any atom is 0.268 e. The van der Waals surface area contributed by atoms with Gasteiger partial charge in [-0.15, -0.1) is 0 Å². The average molecular weight is 311 g/mol. The molecule has 0 radical (unpaired) electrons. The number of aromatic nitrogens is 1. The third kappa shape index (κ3) is 3.60. The summed E-state index contributed by atoms with van der Waals surface area (Å²) in [5, 5.41) is 6.22. The second kappa shape index (κ2) is 6.39. The summed E-state index contributed by atoms with van der Waals surface area (Å²) in [7, 11) is 0. The maximum absolute atomic E-state index is 12.1. The number of hydrogen-bond donors (Lipinski definition) is 3. The molecule has 0 aliphatic heterocycles. The van der Waals surface area contributed by atoms with Gasteiger partial charge in [-0.1, -0.05) is 12.1 Å². The summed E-state index contributed by atoms with van der Waals surface area (Å²) in [6, 6.07) is 11.2. The Labute approximate surface area is 132 Å². The van der Waals surface area contributed by atoms with Crippen LogP contribution in [-0.2, 0) is 11.3 Å². The fraction of sp³-hybridized carbons (Fsp3) is 0.176. The van der Waals surface area contributed by atoms with Crippen molar-refractivity contribution >= 4 is 22.7 Å². The fourth-order valence-corrected chi connectivity index (χ4v) is 2.28. The molecule has 0 saturated carbocycles. The van der Waals surface area contributed by atoms with Crippen molar-refractivity contribution in [2.24, 2.45) is 0 Å². The van der Waals surface area contributed by atoms with Crippen molar-refractivity contribution in [2.75, 3.05) is 6.54 Å². The van der Waals surface area contributed by atoms with Gasteiger partial charge in [0.05, 0.1) is 19.4 Å². The van der Waals surface area contributed by atoms with Crippen LogP contribution in [0.1, 0.15) is 21.8 Å². The lowest BCUT2D eigenvalue weighted by Gasteiger charge is -2.04. The van der Waals surface area contributed by atoms with E-state index in [0.29, 0.717) is 18.0 Å². The summed E-state index contributed by atoms with van der Waals surface area (Å²) in [6.45, 7) is 2.20. The molecule has 6 nitrogen and oxygen atoms in total. The largest absolute Gasteiger partial charge is 0.467 e. The fourth-order valence-electron chi connectivity index (χ4n) is 2.28. The molecule has 0 aliphatic rings. The van der Waals surface area contributed by atoms with Crippen LogP contribution in [0.3, 0.4) is 0 Å². The number of hydrogen-bond acceptors (Lipinski definition) is 3. The number of H-pyrrole nitrogens is 1. The van der Waals surface area contributed by atoms with Crippen LogP contribution in [0.4, 0.5) is 0 Å². The molecule has 3 rings (SSSR count). The Bertz CT molecular complexity index is 834. The number of amides is 2. The zero-order valence-electron chi connectivity index (χ0n) is 12.7. The molecule has 0 spiro atoms. The highest BCUT2D eigenvalue weighted by atomic mass is 16.3. The van der Waals surface area contributed by atoms with Crippen molar-refractivity contribution in [3.05, 3.63) is 59.7 Å². The van der Waals surface area contributed by atoms with E-state index in [-0.39, 0.29) is 18.4 Å². The van der Waals surface area contributed by atoms with Crippen LogP contribution in [-0.4, -0.2) is 23.3 Å². The Morgan fingerprint density at radius 2 is 2.04 bits per heavy atom. The highest BCUT2D eigenvalue weighted by Crippen LogP contribution is 2.16. The highest BCUT2D eigenvalue weighted by Gasteiger charge is 2.11. The predicted octanol–water partition coefficient (Wildman–Crippen LogP) is 2.12. The van der Waals surface area contributed by atoms with Gasteiger partial charge in [0.15, 0.2) is 0 Å². The molecule has 0 unspecified atom stereocenters. The zero-order chi connectivity index (χ0) is 16.2. The Morgan fingerprint density at radius 3 is 2.83 bits per heavy atom. The average Bonchev–Trinajstić information content (AvgIpc) is 3.19. The van der Waals surface area contributed by atoms with E-state index in [0.717, 1.165) is 16.5 Å². The molecule has 0 atom stereocenters. The van der Waals surface area contributed by atoms with E-state index in [4.69, 9.17) is 4.42 Å². The Balaban J connectivity index is 1.54. The second-order valence-electron chi connectivity index (χ2n) is 5.31. The monoisotopic (exact) mass is 311 g/mol. The smallest absolute Gasteiger partial charge is 0.268 e. The number of fused-ring (bicyclic) bond motifs is 1. The lowest BCUT2D eigenvalue weighted by atomic mass is 10.2. The highest BCUT2D eigenvalue weighted by molar-refractivity contribution is 5.99. The normalized spacial score (nSPS) is 10.7. The molecule has 2 amide bonds. The number of benzene rings is 1. The van der Waals surface area contributed by atoms with Crippen LogP contribution in [0, 0.1) is 6.92 Å². The van der Waals surface area contributed by atoms with Crippen LogP contribution >= 0.6 is 0 Å². The first-order valence-electron chi connectivity index (χ1n) is 7.28. The van der Waals surface area contributed by atoms with Crippen molar-refractivity contribution in [2.45, 2.75) is 13.5 Å². The lowest BCUT2D eigenvalue weighted by Crippen LogP contribution is -2.36. The van der Waals surface area contributed by atoms with Crippen LogP contribution in [0.25, 0.3) is 10.9 Å². The van der Waals surface area contributed by atoms with Crippen molar-refractivity contribution in [3.8, 4) is 0 Å². The standard InChI is InChI=1S/C17H17N3O3/c1-11-4-5-12-8-15(20-14(12)7-11)17(22)19-10-16(21)18-9-13-3-2-6-23-13/h2-8,20H,9-10H2,1H3,(H,18,21)(H,19,22). The van der Waals surface area contributed by atoms with E-state index in [9.17, 15) is 9.59 Å². The van der Waals surface area contributed by atoms with Gasteiger partial charge in [0.2, 0.25) is 5.91 Å². The van der Waals surface area contributed by atoms with E-state index in [1.165, 1.54) is 0 Å². The Kier molecular flexibility index (Phi) is 4.14. The van der Waals surface area contributed by atoms with Gasteiger partial charge in [-0.2, -0.15) is 0 Å². The first-order valence-corrected chi connectivity index (χ1v) is 7.28. The quantitative estimate of drug-likeness (QED) is 0.674. The molecule has 118 valence electrons. The minimum atomic E-state index is -0.313. The van der Waals surface area contributed by atoms with Crippen molar-refractivity contribution in [1.82, 2.24) is 15.6 Å². The van der Waals surface area contributed by atoms with Gasteiger partial charge in [-0.25, -0.2) is 0 Å². The van der Waals surface area contributed by atoms with E-state index < -0.39 is 0 Å². The van der Waals surface area contributed by atoms with E-state index in [1.807, 2.05) is 25.1 Å². The molecule has 3 aromatic rings. The number of aryl methyl sites for hydroxylation is 1. The molecule has 2 heterocycles. The predicted molar refractivity (Wildman–Crippen MR) is 85.9 cm³/mol. The molecule has 0 aliphatic carbocycles. The molecule has 3 N–H and O–H groups in total. The number of rotatable bonds is 5. The second-order valence-corrected chi connectivity index (χ2v) is 5.31. The van der Waals surface area contributed by atoms with Gasteiger partial charge in [0.1, 0.15) is 11.5 Å². The molecule has 0 fully saturated rings. The zero-order valence-corrected chi connectivity index (χ0v) is 12.7. The Morgan fingerprint density at radius 1 is 1.17 bits per heavy atom. The van der Waals surface area contributed by atoms with E-state index >= 15 is 0 Å². The van der Waals surface area contributed by atoms with Gasteiger partial charge >= 0.3 is 0 Å². The van der Waals surface area contributed by atoms with Gasteiger partial charge in [0, 0.05) is 10.9 Å². The SMILES string of the molecule is Cc1ccc2cc(C(=O)NCC(=O)NCc3ccco3)[nH]c2c1. The summed E-state index contributed by atoms with van der Waals surface area (Å²) in [4.78, 5) is 26.9. The van der Waals surface area contributed by atoms with E-state index in [2.05, 4.69) is 15.6 Å². The molecule has 1 aromatic carbocycles. The summed E-state index contributed by atoms with van der Waals surface area (Å²) in [5.41, 5.74) is 2.45. The van der Waals surface area contributed by atoms with Crippen molar-refractivity contribution in [3.63, 3.8) is 0 Å². The summed E-state index contributed by atoms with van der Waals surface area (Å²) >= 11 is 0. The number of aromatic amines is 1. The third-order valence-electron chi connectivity index (χ3n) is 3.47. The Hall–Kier alpha value is -3.02. The van der Waals surface area contributed by atoms with Gasteiger partial charge < -0.3 is 20.0 Å². The molecular formula is C17H17N3O3. The molecule has 2 aromatic heterocycles. The molecule has 23 heavy (non-hydrogen) atoms. The van der Waals surface area contributed by atoms with Gasteiger partial charge in [-0.3, -0.25) is 9.59 Å². The first-order chi connectivity index (χ1) is 11.1. The van der Waals surface area contributed by atoms with Crippen molar-refractivity contribution in [1.29, 1.82) is 0 Å². The summed E-state index contributed by atoms with van der Waals surface area (Å²) in [5.74, 6) is 0.0735. The number of carbonyl (C=O) groups is 2. The number of furan rings is 1. The third-order valence-corrected chi connectivity index (χ3v) is 3.47. The van der Waals surface area contributed by atoms with Gasteiger partial charge in [-0.05, 0) is 36.8 Å². The number of nitrogens with one attached hydrogen (secondary N) is 3.